The molecule has 1 aromatic carbocycles. The fourth-order valence-electron chi connectivity index (χ4n) is 2.06. The molecule has 0 saturated heterocycles. The zero-order valence-electron chi connectivity index (χ0n) is 11.4. The van der Waals surface area contributed by atoms with Crippen molar-refractivity contribution in [2.24, 2.45) is 0 Å². The van der Waals surface area contributed by atoms with Gasteiger partial charge in [0.1, 0.15) is 0 Å². The molecule has 0 aliphatic rings. The summed E-state index contributed by atoms with van der Waals surface area (Å²) in [7, 11) is 0. The smallest absolute Gasteiger partial charge is 0.0534 e. The summed E-state index contributed by atoms with van der Waals surface area (Å²) in [6.45, 7) is 6.05. The van der Waals surface area contributed by atoms with Crippen molar-refractivity contribution < 1.29 is 0 Å². The molecule has 0 bridgehead atoms. The van der Waals surface area contributed by atoms with Gasteiger partial charge < -0.3 is 5.32 Å². The molecule has 0 amide bonds. The molecule has 0 aliphatic carbocycles. The lowest BCUT2D eigenvalue weighted by Crippen LogP contribution is -2.18. The number of hydrogen-bond donors (Lipinski definition) is 1. The zero-order chi connectivity index (χ0) is 13.7. The van der Waals surface area contributed by atoms with Gasteiger partial charge in [-0.05, 0) is 25.0 Å². The highest BCUT2D eigenvalue weighted by Crippen LogP contribution is 2.22. The minimum absolute atomic E-state index is 0.225. The van der Waals surface area contributed by atoms with Gasteiger partial charge in [0.15, 0.2) is 0 Å². The Morgan fingerprint density at radius 3 is 2.89 bits per heavy atom. The second-order valence-corrected chi connectivity index (χ2v) is 5.14. The summed E-state index contributed by atoms with van der Waals surface area (Å²) in [4.78, 5) is 0. The van der Waals surface area contributed by atoms with Gasteiger partial charge in [0.2, 0.25) is 0 Å². The molecule has 0 aliphatic heterocycles. The first-order valence-corrected chi connectivity index (χ1v) is 7.07. The first-order chi connectivity index (χ1) is 9.20. The van der Waals surface area contributed by atoms with Crippen LogP contribution in [0.25, 0.3) is 0 Å². The van der Waals surface area contributed by atoms with Crippen LogP contribution in [0.2, 0.25) is 5.02 Å². The number of aryl methyl sites for hydroxylation is 1. The minimum Gasteiger partial charge on any atom is -0.306 e. The van der Waals surface area contributed by atoms with E-state index in [2.05, 4.69) is 36.5 Å². The van der Waals surface area contributed by atoms with Crippen LogP contribution in [0.5, 0.6) is 0 Å². The number of aromatic nitrogens is 2. The third-order valence-electron chi connectivity index (χ3n) is 3.12. The van der Waals surface area contributed by atoms with Crippen molar-refractivity contribution in [2.75, 3.05) is 0 Å². The molecule has 1 N–H and O–H groups in total. The number of rotatable bonds is 6. The predicted molar refractivity (Wildman–Crippen MR) is 79.2 cm³/mol. The summed E-state index contributed by atoms with van der Waals surface area (Å²) >= 11 is 6.19. The van der Waals surface area contributed by atoms with Gasteiger partial charge in [-0.15, -0.1) is 0 Å². The topological polar surface area (TPSA) is 29.9 Å². The number of halogens is 1. The third-order valence-corrected chi connectivity index (χ3v) is 3.47. The highest BCUT2D eigenvalue weighted by Gasteiger charge is 2.08. The van der Waals surface area contributed by atoms with Crippen LogP contribution in [0.15, 0.2) is 36.7 Å². The van der Waals surface area contributed by atoms with Gasteiger partial charge in [-0.2, -0.15) is 5.10 Å². The normalized spacial score (nSPS) is 12.6. The maximum atomic E-state index is 6.19. The molecule has 0 radical (unpaired) electrons. The average molecular weight is 278 g/mol. The molecule has 0 saturated carbocycles. The molecule has 3 nitrogen and oxygen atoms in total. The quantitative estimate of drug-likeness (QED) is 0.870. The van der Waals surface area contributed by atoms with Crippen LogP contribution in [-0.2, 0) is 13.1 Å². The molecule has 2 aromatic rings. The summed E-state index contributed by atoms with van der Waals surface area (Å²) in [5.74, 6) is 0. The summed E-state index contributed by atoms with van der Waals surface area (Å²) in [5.41, 5.74) is 2.33. The largest absolute Gasteiger partial charge is 0.306 e. The minimum atomic E-state index is 0.225. The van der Waals surface area contributed by atoms with Crippen molar-refractivity contribution in [2.45, 2.75) is 39.4 Å². The van der Waals surface area contributed by atoms with E-state index in [0.717, 1.165) is 30.1 Å². The lowest BCUT2D eigenvalue weighted by molar-refractivity contribution is 0.572. The molecule has 4 heteroatoms. The van der Waals surface area contributed by atoms with E-state index in [1.807, 2.05) is 29.1 Å². The molecule has 1 atom stereocenters. The molecular formula is C15H20ClN3. The van der Waals surface area contributed by atoms with Crippen molar-refractivity contribution in [1.82, 2.24) is 15.1 Å². The van der Waals surface area contributed by atoms with Crippen LogP contribution >= 0.6 is 11.6 Å². The maximum absolute atomic E-state index is 6.19. The van der Waals surface area contributed by atoms with E-state index in [1.165, 1.54) is 5.56 Å². The number of hydrogen-bond acceptors (Lipinski definition) is 2. The van der Waals surface area contributed by atoms with Gasteiger partial charge in [0.05, 0.1) is 6.20 Å². The fourth-order valence-corrected chi connectivity index (χ4v) is 2.36. The Hall–Kier alpha value is -1.32. The molecule has 0 spiro atoms. The monoisotopic (exact) mass is 277 g/mol. The van der Waals surface area contributed by atoms with Crippen LogP contribution in [0.3, 0.4) is 0 Å². The Morgan fingerprint density at radius 2 is 2.16 bits per heavy atom. The summed E-state index contributed by atoms with van der Waals surface area (Å²) in [6, 6.07) is 8.17. The first-order valence-electron chi connectivity index (χ1n) is 6.70. The zero-order valence-corrected chi connectivity index (χ0v) is 12.2. The van der Waals surface area contributed by atoms with E-state index in [9.17, 15) is 0 Å². The Balaban J connectivity index is 1.92. The number of nitrogens with zero attached hydrogens (tertiary/aromatic N) is 2. The first kappa shape index (κ1) is 14.1. The highest BCUT2D eigenvalue weighted by molar-refractivity contribution is 6.31. The molecule has 2 rings (SSSR count). The Bertz CT molecular complexity index is 522. The standard InChI is InChI=1S/C15H20ClN3/c1-3-8-19-11-13(10-18-19)9-17-12(2)14-6-4-5-7-15(14)16/h4-7,10-12,17H,3,8-9H2,1-2H3/t12-/m0/s1. The summed E-state index contributed by atoms with van der Waals surface area (Å²) in [5, 5.41) is 8.61. The lowest BCUT2D eigenvalue weighted by Gasteiger charge is -2.14. The van der Waals surface area contributed by atoms with Gasteiger partial charge in [0.25, 0.3) is 0 Å². The predicted octanol–water partition coefficient (Wildman–Crippen LogP) is 3.80. The van der Waals surface area contributed by atoms with E-state index in [1.54, 1.807) is 0 Å². The Kier molecular flexibility index (Phi) is 5.00. The second-order valence-electron chi connectivity index (χ2n) is 4.74. The van der Waals surface area contributed by atoms with E-state index < -0.39 is 0 Å². The van der Waals surface area contributed by atoms with E-state index >= 15 is 0 Å². The van der Waals surface area contributed by atoms with E-state index in [0.29, 0.717) is 0 Å². The van der Waals surface area contributed by atoms with Crippen LogP contribution in [0.1, 0.15) is 37.4 Å². The summed E-state index contributed by atoms with van der Waals surface area (Å²) in [6.07, 6.45) is 5.11. The van der Waals surface area contributed by atoms with Crippen molar-refractivity contribution in [3.8, 4) is 0 Å². The molecule has 0 unspecified atom stereocenters. The number of benzene rings is 1. The van der Waals surface area contributed by atoms with Crippen LogP contribution in [0.4, 0.5) is 0 Å². The molecule has 102 valence electrons. The van der Waals surface area contributed by atoms with Gasteiger partial charge in [-0.1, -0.05) is 36.7 Å². The van der Waals surface area contributed by atoms with Crippen molar-refractivity contribution in [1.29, 1.82) is 0 Å². The van der Waals surface area contributed by atoms with E-state index in [-0.39, 0.29) is 6.04 Å². The maximum Gasteiger partial charge on any atom is 0.0534 e. The SMILES string of the molecule is CCCn1cc(CN[C@@H](C)c2ccccc2Cl)cn1. The van der Waals surface area contributed by atoms with Gasteiger partial charge in [-0.3, -0.25) is 4.68 Å². The third kappa shape index (κ3) is 3.82. The molecular weight excluding hydrogens is 258 g/mol. The van der Waals surface area contributed by atoms with Crippen molar-refractivity contribution in [3.63, 3.8) is 0 Å². The average Bonchev–Trinajstić information content (AvgIpc) is 2.85. The Labute approximate surface area is 119 Å². The van der Waals surface area contributed by atoms with Gasteiger partial charge in [-0.25, -0.2) is 0 Å². The Morgan fingerprint density at radius 1 is 1.37 bits per heavy atom. The molecule has 1 aromatic heterocycles. The van der Waals surface area contributed by atoms with E-state index in [4.69, 9.17) is 11.6 Å². The summed E-state index contributed by atoms with van der Waals surface area (Å²) < 4.78 is 1.98. The van der Waals surface area contributed by atoms with Gasteiger partial charge in [0, 0.05) is 35.9 Å². The lowest BCUT2D eigenvalue weighted by atomic mass is 10.1. The van der Waals surface area contributed by atoms with Crippen LogP contribution in [0, 0.1) is 0 Å². The highest BCUT2D eigenvalue weighted by atomic mass is 35.5. The number of nitrogens with one attached hydrogen (secondary N) is 1. The van der Waals surface area contributed by atoms with Crippen molar-refractivity contribution >= 4 is 11.6 Å². The molecule has 1 heterocycles. The van der Waals surface area contributed by atoms with Crippen molar-refractivity contribution in [3.05, 3.63) is 52.8 Å². The molecule has 19 heavy (non-hydrogen) atoms. The van der Waals surface area contributed by atoms with Crippen LogP contribution in [-0.4, -0.2) is 9.78 Å². The second kappa shape index (κ2) is 6.73. The fraction of sp³-hybridized carbons (Fsp3) is 0.400. The molecule has 0 fully saturated rings. The van der Waals surface area contributed by atoms with Gasteiger partial charge >= 0.3 is 0 Å². The van der Waals surface area contributed by atoms with Crippen LogP contribution < -0.4 is 5.32 Å².